The van der Waals surface area contributed by atoms with E-state index in [4.69, 9.17) is 9.47 Å². The van der Waals surface area contributed by atoms with E-state index >= 15 is 0 Å². The Labute approximate surface area is 228 Å². The number of carbonyl (C=O) groups excluding carboxylic acids is 3. The Hall–Kier alpha value is -4.19. The lowest BCUT2D eigenvalue weighted by Crippen LogP contribution is -2.49. The minimum absolute atomic E-state index is 0.0363. The van der Waals surface area contributed by atoms with Gasteiger partial charge in [0, 0.05) is 28.1 Å². The maximum Gasteiger partial charge on any atom is 0.180 e. The maximum atomic E-state index is 14.6. The molecule has 2 heterocycles. The van der Waals surface area contributed by atoms with Gasteiger partial charge in [-0.05, 0) is 29.3 Å². The first-order chi connectivity index (χ1) is 18.7. The molecule has 198 valence electrons. The van der Waals surface area contributed by atoms with Crippen LogP contribution in [0.3, 0.4) is 0 Å². The van der Waals surface area contributed by atoms with Crippen LogP contribution in [0.5, 0.6) is 11.5 Å². The second-order valence-electron chi connectivity index (χ2n) is 11.5. The highest BCUT2D eigenvalue weighted by atomic mass is 16.5. The van der Waals surface area contributed by atoms with Crippen molar-refractivity contribution < 1.29 is 23.9 Å². The molecule has 3 aliphatic rings. The van der Waals surface area contributed by atoms with Gasteiger partial charge in [-0.1, -0.05) is 81.5 Å². The summed E-state index contributed by atoms with van der Waals surface area (Å²) >= 11 is 0. The lowest BCUT2D eigenvalue weighted by molar-refractivity contribution is -0.127. The number of hydrogen-bond donors (Lipinski definition) is 0. The normalized spacial score (nSPS) is 22.5. The van der Waals surface area contributed by atoms with Crippen molar-refractivity contribution in [3.05, 3.63) is 95.1 Å². The third-order valence-corrected chi connectivity index (χ3v) is 8.49. The van der Waals surface area contributed by atoms with E-state index in [2.05, 4.69) is 0 Å². The first-order valence-corrected chi connectivity index (χ1v) is 13.2. The number of ketones is 3. The van der Waals surface area contributed by atoms with E-state index in [1.807, 2.05) is 74.2 Å². The monoisotopic (exact) mass is 521 g/mol. The highest BCUT2D eigenvalue weighted by Crippen LogP contribution is 2.61. The summed E-state index contributed by atoms with van der Waals surface area (Å²) in [7, 11) is 3.11. The molecule has 0 radical (unpaired) electrons. The third kappa shape index (κ3) is 3.30. The van der Waals surface area contributed by atoms with E-state index in [-0.39, 0.29) is 17.3 Å². The Morgan fingerprint density at radius 2 is 1.46 bits per heavy atom. The molecule has 3 unspecified atom stereocenters. The van der Waals surface area contributed by atoms with E-state index < -0.39 is 28.8 Å². The number of benzene rings is 3. The first kappa shape index (κ1) is 25.1. The summed E-state index contributed by atoms with van der Waals surface area (Å²) in [4.78, 5) is 45.8. The van der Waals surface area contributed by atoms with Crippen LogP contribution < -0.4 is 14.4 Å². The zero-order valence-corrected chi connectivity index (χ0v) is 22.7. The molecular formula is C33H31NO5. The molecule has 6 rings (SSSR count). The van der Waals surface area contributed by atoms with Crippen molar-refractivity contribution in [2.75, 3.05) is 19.1 Å². The standard InChI is InChI=1S/C33H31NO5/c1-32(2,3)31(37)28-27(20-14-16-24(38-4)25(18-20)39-5)33(29(35)21-11-7-8-12-22(21)30(33)36)26-17-15-19-10-6-9-13-23(19)34(26)28/h6-18,26-28H,1-5H3. The summed E-state index contributed by atoms with van der Waals surface area (Å²) in [6.07, 6.45) is 3.91. The van der Waals surface area contributed by atoms with Crippen LogP contribution in [0.25, 0.3) is 6.08 Å². The van der Waals surface area contributed by atoms with Crippen molar-refractivity contribution in [2.45, 2.75) is 38.8 Å². The molecule has 6 nitrogen and oxygen atoms in total. The van der Waals surface area contributed by atoms with Crippen LogP contribution in [-0.2, 0) is 4.79 Å². The van der Waals surface area contributed by atoms with Crippen molar-refractivity contribution in [3.8, 4) is 11.5 Å². The molecule has 3 aromatic carbocycles. The fraction of sp³-hybridized carbons (Fsp3) is 0.303. The second-order valence-corrected chi connectivity index (χ2v) is 11.5. The van der Waals surface area contributed by atoms with Gasteiger partial charge in [-0.15, -0.1) is 0 Å². The SMILES string of the molecule is COc1ccc(C2C(C(=O)C(C)(C)C)N3c4ccccc4C=CC3C23C(=O)c2ccccc2C3=O)cc1OC. The van der Waals surface area contributed by atoms with Gasteiger partial charge < -0.3 is 14.4 Å². The van der Waals surface area contributed by atoms with Crippen LogP contribution in [-0.4, -0.2) is 43.7 Å². The van der Waals surface area contributed by atoms with Crippen LogP contribution in [0.1, 0.15) is 58.5 Å². The van der Waals surface area contributed by atoms with Crippen molar-refractivity contribution in [3.63, 3.8) is 0 Å². The van der Waals surface area contributed by atoms with Crippen LogP contribution in [0.2, 0.25) is 0 Å². The Bertz CT molecular complexity index is 1530. The van der Waals surface area contributed by atoms with Crippen LogP contribution in [0, 0.1) is 10.8 Å². The van der Waals surface area contributed by atoms with E-state index in [1.54, 1.807) is 44.6 Å². The number of hydrogen-bond acceptors (Lipinski definition) is 6. The molecule has 39 heavy (non-hydrogen) atoms. The number of rotatable bonds is 4. The zero-order chi connectivity index (χ0) is 27.7. The summed E-state index contributed by atoms with van der Waals surface area (Å²) in [5.74, 6) is -0.286. The van der Waals surface area contributed by atoms with E-state index in [0.29, 0.717) is 28.2 Å². The molecular weight excluding hydrogens is 490 g/mol. The Morgan fingerprint density at radius 3 is 2.08 bits per heavy atom. The molecule has 0 amide bonds. The van der Waals surface area contributed by atoms with E-state index in [1.165, 1.54) is 0 Å². The third-order valence-electron chi connectivity index (χ3n) is 8.49. The summed E-state index contributed by atoms with van der Waals surface area (Å²) < 4.78 is 11.1. The minimum atomic E-state index is -1.53. The molecule has 2 aliphatic heterocycles. The molecule has 0 saturated carbocycles. The van der Waals surface area contributed by atoms with Crippen molar-refractivity contribution in [1.82, 2.24) is 0 Å². The average molecular weight is 522 g/mol. The number of ether oxygens (including phenoxy) is 2. The van der Waals surface area contributed by atoms with Crippen molar-refractivity contribution in [2.24, 2.45) is 10.8 Å². The first-order valence-electron chi connectivity index (χ1n) is 13.2. The predicted molar refractivity (Wildman–Crippen MR) is 150 cm³/mol. The van der Waals surface area contributed by atoms with Gasteiger partial charge in [0.15, 0.2) is 28.8 Å². The predicted octanol–water partition coefficient (Wildman–Crippen LogP) is 5.75. The van der Waals surface area contributed by atoms with Gasteiger partial charge in [-0.3, -0.25) is 14.4 Å². The number of Topliss-reactive ketones (excluding diaryl/α,β-unsaturated/α-hetero) is 3. The number of carbonyl (C=O) groups is 3. The fourth-order valence-corrected chi connectivity index (χ4v) is 6.78. The van der Waals surface area contributed by atoms with E-state index in [9.17, 15) is 14.4 Å². The van der Waals surface area contributed by atoms with Crippen molar-refractivity contribution >= 4 is 29.1 Å². The molecule has 1 aliphatic carbocycles. The van der Waals surface area contributed by atoms with Gasteiger partial charge in [-0.25, -0.2) is 0 Å². The highest BCUT2D eigenvalue weighted by molar-refractivity contribution is 6.32. The average Bonchev–Trinajstić information content (AvgIpc) is 3.38. The summed E-state index contributed by atoms with van der Waals surface area (Å²) in [6.45, 7) is 5.67. The van der Waals surface area contributed by atoms with E-state index in [0.717, 1.165) is 11.3 Å². The summed E-state index contributed by atoms with van der Waals surface area (Å²) in [6, 6.07) is 18.9. The number of nitrogens with zero attached hydrogens (tertiary/aromatic N) is 1. The summed E-state index contributed by atoms with van der Waals surface area (Å²) in [5.41, 5.74) is 1.02. The Morgan fingerprint density at radius 1 is 0.846 bits per heavy atom. The lowest BCUT2D eigenvalue weighted by Gasteiger charge is -2.38. The maximum absolute atomic E-state index is 14.6. The smallest absolute Gasteiger partial charge is 0.180 e. The van der Waals surface area contributed by atoms with Crippen LogP contribution >= 0.6 is 0 Å². The number of anilines is 1. The number of fused-ring (bicyclic) bond motifs is 5. The van der Waals surface area contributed by atoms with Gasteiger partial charge in [-0.2, -0.15) is 0 Å². The minimum Gasteiger partial charge on any atom is -0.493 e. The fourth-order valence-electron chi connectivity index (χ4n) is 6.78. The number of methoxy groups -OCH3 is 2. The van der Waals surface area contributed by atoms with Crippen LogP contribution in [0.4, 0.5) is 5.69 Å². The molecule has 3 atom stereocenters. The molecule has 0 aromatic heterocycles. The Balaban J connectivity index is 1.70. The van der Waals surface area contributed by atoms with Gasteiger partial charge in [0.05, 0.1) is 26.3 Å². The highest BCUT2D eigenvalue weighted by Gasteiger charge is 2.72. The molecule has 6 heteroatoms. The molecule has 0 bridgehead atoms. The number of para-hydroxylation sites is 1. The van der Waals surface area contributed by atoms with Gasteiger partial charge in [0.25, 0.3) is 0 Å². The van der Waals surface area contributed by atoms with Crippen LogP contribution in [0.15, 0.2) is 72.8 Å². The van der Waals surface area contributed by atoms with Gasteiger partial charge >= 0.3 is 0 Å². The second kappa shape index (κ2) is 8.67. The zero-order valence-electron chi connectivity index (χ0n) is 22.7. The molecule has 1 saturated heterocycles. The quantitative estimate of drug-likeness (QED) is 0.407. The van der Waals surface area contributed by atoms with Crippen molar-refractivity contribution in [1.29, 1.82) is 0 Å². The molecule has 1 spiro atoms. The molecule has 0 N–H and O–H groups in total. The molecule has 1 fully saturated rings. The summed E-state index contributed by atoms with van der Waals surface area (Å²) in [5, 5.41) is 0. The Kier molecular flexibility index (Phi) is 5.58. The lowest BCUT2D eigenvalue weighted by atomic mass is 9.63. The largest absolute Gasteiger partial charge is 0.493 e. The topological polar surface area (TPSA) is 72.9 Å². The van der Waals surface area contributed by atoms with Gasteiger partial charge in [0.2, 0.25) is 0 Å². The molecule has 3 aromatic rings. The van der Waals surface area contributed by atoms with Gasteiger partial charge in [0.1, 0.15) is 5.41 Å².